The summed E-state index contributed by atoms with van der Waals surface area (Å²) in [6, 6.07) is 9.55. The molecule has 172 valence electrons. The molecule has 1 atom stereocenters. The first-order valence-corrected chi connectivity index (χ1v) is 11.8. The summed E-state index contributed by atoms with van der Waals surface area (Å²) in [7, 11) is -4.14. The molecular formula is C23H23FN4O4S. The lowest BCUT2D eigenvalue weighted by molar-refractivity contribution is 0.188. The number of aromatic nitrogens is 2. The van der Waals surface area contributed by atoms with Crippen LogP contribution in [0.15, 0.2) is 59.9 Å². The van der Waals surface area contributed by atoms with Crippen molar-refractivity contribution in [1.82, 2.24) is 14.3 Å². The van der Waals surface area contributed by atoms with E-state index in [0.29, 0.717) is 12.0 Å². The first-order valence-electron chi connectivity index (χ1n) is 10.3. The molecule has 0 aliphatic heterocycles. The molecule has 1 aromatic carbocycles. The fraction of sp³-hybridized carbons (Fsp3) is 0.261. The van der Waals surface area contributed by atoms with Crippen LogP contribution in [0.1, 0.15) is 37.3 Å². The van der Waals surface area contributed by atoms with Gasteiger partial charge in [0.05, 0.1) is 17.3 Å². The SMILES string of the molecule is CCCCC(Cc1cc(-c2cc(C#N)ccc2F)n(S(=O)(=O)c2cccnc2)c1)NC(=O)O. The van der Waals surface area contributed by atoms with E-state index in [0.717, 1.165) is 22.9 Å². The van der Waals surface area contributed by atoms with Crippen LogP contribution >= 0.6 is 0 Å². The Balaban J connectivity index is 2.14. The number of pyridine rings is 1. The van der Waals surface area contributed by atoms with Crippen LogP contribution in [0.5, 0.6) is 0 Å². The van der Waals surface area contributed by atoms with Crippen LogP contribution in [0.25, 0.3) is 11.3 Å². The molecule has 33 heavy (non-hydrogen) atoms. The Morgan fingerprint density at radius 2 is 2.12 bits per heavy atom. The zero-order chi connectivity index (χ0) is 24.0. The Bertz CT molecular complexity index is 1280. The minimum Gasteiger partial charge on any atom is -0.465 e. The molecule has 3 rings (SSSR count). The quantitative estimate of drug-likeness (QED) is 0.484. The first-order chi connectivity index (χ1) is 15.8. The number of unbranched alkanes of at least 4 members (excludes halogenated alkanes) is 1. The second kappa shape index (κ2) is 10.3. The van der Waals surface area contributed by atoms with Gasteiger partial charge in [-0.25, -0.2) is 21.6 Å². The molecule has 0 fully saturated rings. The fourth-order valence-corrected chi connectivity index (χ4v) is 4.90. The minimum absolute atomic E-state index is 0.0352. The van der Waals surface area contributed by atoms with Gasteiger partial charge in [-0.05, 0) is 54.8 Å². The smallest absolute Gasteiger partial charge is 0.404 e. The standard InChI is InChI=1S/C23H23FN4O4S/c1-2-3-5-18(27-23(29)30)10-17-12-22(20-11-16(13-25)7-8-21(20)24)28(15-17)33(31,32)19-6-4-9-26-14-19/h4,6-9,11-12,14-15,18,27H,2-3,5,10H2,1H3,(H,29,30). The highest BCUT2D eigenvalue weighted by molar-refractivity contribution is 7.90. The molecule has 2 N–H and O–H groups in total. The van der Waals surface area contributed by atoms with Gasteiger partial charge in [0.25, 0.3) is 10.0 Å². The largest absolute Gasteiger partial charge is 0.465 e. The normalized spacial score (nSPS) is 12.2. The van der Waals surface area contributed by atoms with Gasteiger partial charge in [0.2, 0.25) is 0 Å². The molecule has 0 saturated carbocycles. The third kappa shape index (κ3) is 5.56. The topological polar surface area (TPSA) is 125 Å². The van der Waals surface area contributed by atoms with E-state index in [1.165, 1.54) is 48.9 Å². The number of hydrogen-bond donors (Lipinski definition) is 2. The summed E-state index contributed by atoms with van der Waals surface area (Å²) in [5, 5.41) is 20.9. The summed E-state index contributed by atoms with van der Waals surface area (Å²) < 4.78 is 42.4. The number of halogens is 1. The molecule has 8 nitrogen and oxygen atoms in total. The molecule has 2 heterocycles. The number of hydrogen-bond acceptors (Lipinski definition) is 5. The Kier molecular flexibility index (Phi) is 7.45. The molecule has 10 heteroatoms. The molecule has 2 aromatic heterocycles. The van der Waals surface area contributed by atoms with Gasteiger partial charge in [0.15, 0.2) is 0 Å². The molecule has 1 amide bonds. The third-order valence-corrected chi connectivity index (χ3v) is 6.78. The lowest BCUT2D eigenvalue weighted by Gasteiger charge is -2.15. The van der Waals surface area contributed by atoms with Crippen molar-refractivity contribution in [1.29, 1.82) is 5.26 Å². The van der Waals surface area contributed by atoms with Crippen LogP contribution in [-0.4, -0.2) is 34.6 Å². The molecule has 0 spiro atoms. The number of rotatable bonds is 9. The van der Waals surface area contributed by atoms with Crippen LogP contribution in [0.2, 0.25) is 0 Å². The van der Waals surface area contributed by atoms with Crippen molar-refractivity contribution < 1.29 is 22.7 Å². The van der Waals surface area contributed by atoms with Crippen LogP contribution in [0, 0.1) is 17.1 Å². The van der Waals surface area contributed by atoms with Crippen molar-refractivity contribution in [2.75, 3.05) is 0 Å². The molecule has 0 aliphatic rings. The Morgan fingerprint density at radius 1 is 1.33 bits per heavy atom. The number of benzene rings is 1. The predicted molar refractivity (Wildman–Crippen MR) is 120 cm³/mol. The van der Waals surface area contributed by atoms with Crippen molar-refractivity contribution in [3.05, 3.63) is 71.9 Å². The molecule has 0 bridgehead atoms. The number of nitrogens with one attached hydrogen (secondary N) is 1. The van der Waals surface area contributed by atoms with Crippen molar-refractivity contribution >= 4 is 16.1 Å². The van der Waals surface area contributed by atoms with Gasteiger partial charge < -0.3 is 10.4 Å². The number of nitrogens with zero attached hydrogens (tertiary/aromatic N) is 3. The Morgan fingerprint density at radius 3 is 2.76 bits per heavy atom. The number of amides is 1. The fourth-order valence-electron chi connectivity index (χ4n) is 3.54. The summed E-state index contributed by atoms with van der Waals surface area (Å²) in [6.45, 7) is 1.98. The van der Waals surface area contributed by atoms with E-state index in [-0.39, 0.29) is 28.1 Å². The molecule has 3 aromatic rings. The van der Waals surface area contributed by atoms with Crippen molar-refractivity contribution in [3.8, 4) is 17.3 Å². The maximum Gasteiger partial charge on any atom is 0.404 e. The van der Waals surface area contributed by atoms with Crippen LogP contribution in [-0.2, 0) is 16.4 Å². The summed E-state index contributed by atoms with van der Waals surface area (Å²) in [5.74, 6) is -0.688. The van der Waals surface area contributed by atoms with Crippen molar-refractivity contribution in [3.63, 3.8) is 0 Å². The Labute approximate surface area is 191 Å². The van der Waals surface area contributed by atoms with Gasteiger partial charge in [-0.15, -0.1) is 0 Å². The van der Waals surface area contributed by atoms with Gasteiger partial charge in [-0.3, -0.25) is 4.98 Å². The lowest BCUT2D eigenvalue weighted by atomic mass is 10.0. The van der Waals surface area contributed by atoms with E-state index in [2.05, 4.69) is 10.3 Å². The van der Waals surface area contributed by atoms with Crippen LogP contribution < -0.4 is 5.32 Å². The average Bonchev–Trinajstić information content (AvgIpc) is 3.22. The lowest BCUT2D eigenvalue weighted by Crippen LogP contribution is -2.35. The summed E-state index contributed by atoms with van der Waals surface area (Å²) in [6.07, 6.45) is 5.25. The highest BCUT2D eigenvalue weighted by Gasteiger charge is 2.25. The van der Waals surface area contributed by atoms with Crippen molar-refractivity contribution in [2.45, 2.75) is 43.5 Å². The first kappa shape index (κ1) is 23.9. The second-order valence-corrected chi connectivity index (χ2v) is 9.34. The predicted octanol–water partition coefficient (Wildman–Crippen LogP) is 4.17. The van der Waals surface area contributed by atoms with Crippen molar-refractivity contribution in [2.24, 2.45) is 0 Å². The molecule has 0 aliphatic carbocycles. The molecular weight excluding hydrogens is 447 g/mol. The maximum atomic E-state index is 14.8. The van der Waals surface area contributed by atoms with E-state index in [9.17, 15) is 28.0 Å². The number of nitriles is 1. The summed E-state index contributed by atoms with van der Waals surface area (Å²) >= 11 is 0. The number of carboxylic acid groups (broad SMARTS) is 1. The van der Waals surface area contributed by atoms with Gasteiger partial charge in [0.1, 0.15) is 10.7 Å². The third-order valence-electron chi connectivity index (χ3n) is 5.12. The molecule has 0 saturated heterocycles. The highest BCUT2D eigenvalue weighted by Crippen LogP contribution is 2.30. The monoisotopic (exact) mass is 470 g/mol. The Hall–Kier alpha value is -3.71. The molecule has 1 unspecified atom stereocenters. The van der Waals surface area contributed by atoms with Gasteiger partial charge in [0, 0.05) is 30.2 Å². The van der Waals surface area contributed by atoms with E-state index >= 15 is 0 Å². The average molecular weight is 471 g/mol. The maximum absolute atomic E-state index is 14.8. The number of carbonyl (C=O) groups is 1. The van der Waals surface area contributed by atoms with E-state index in [1.54, 1.807) is 0 Å². The van der Waals surface area contributed by atoms with Gasteiger partial charge in [-0.1, -0.05) is 19.8 Å². The zero-order valence-electron chi connectivity index (χ0n) is 17.9. The molecule has 0 radical (unpaired) electrons. The van der Waals surface area contributed by atoms with Crippen LogP contribution in [0.4, 0.5) is 9.18 Å². The van der Waals surface area contributed by atoms with Gasteiger partial charge in [-0.2, -0.15) is 5.26 Å². The second-order valence-electron chi connectivity index (χ2n) is 7.52. The van der Waals surface area contributed by atoms with E-state index < -0.39 is 28.0 Å². The van der Waals surface area contributed by atoms with E-state index in [1.807, 2.05) is 13.0 Å². The van der Waals surface area contributed by atoms with E-state index in [4.69, 9.17) is 0 Å². The zero-order valence-corrected chi connectivity index (χ0v) is 18.7. The van der Waals surface area contributed by atoms with Crippen LogP contribution in [0.3, 0.4) is 0 Å². The minimum atomic E-state index is -4.14. The summed E-state index contributed by atoms with van der Waals surface area (Å²) in [5.41, 5.74) is 0.666. The van der Waals surface area contributed by atoms with Gasteiger partial charge >= 0.3 is 6.09 Å². The highest BCUT2D eigenvalue weighted by atomic mass is 32.2. The summed E-state index contributed by atoms with van der Waals surface area (Å²) in [4.78, 5) is 15.0.